The van der Waals surface area contributed by atoms with Gasteiger partial charge in [-0.3, -0.25) is 20.9 Å². The van der Waals surface area contributed by atoms with Crippen molar-refractivity contribution >= 4 is 11.6 Å². The van der Waals surface area contributed by atoms with E-state index in [2.05, 4.69) is 0 Å². The Hall–Kier alpha value is -1.36. The molecule has 0 amide bonds. The van der Waals surface area contributed by atoms with Crippen LogP contribution in [0.1, 0.15) is 12.8 Å². The van der Waals surface area contributed by atoms with Gasteiger partial charge in [-0.2, -0.15) is 0 Å². The lowest BCUT2D eigenvalue weighted by Crippen LogP contribution is -2.28. The standard InChI is InChI=1S/C8H11N3O2/c9-8-5(4-10-13)7(12)6-2-1-3-11(6)8/h4,6,9-10,13H,1-3H2/b5-4+,9-8?. The van der Waals surface area contributed by atoms with Crippen molar-refractivity contribution in [3.8, 4) is 0 Å². The molecule has 2 saturated heterocycles. The van der Waals surface area contributed by atoms with Crippen LogP contribution in [0.4, 0.5) is 0 Å². The Balaban J connectivity index is 2.31. The molecule has 0 aliphatic carbocycles. The number of hydrogen-bond donors (Lipinski definition) is 3. The molecule has 0 spiro atoms. The third kappa shape index (κ3) is 1.04. The summed E-state index contributed by atoms with van der Waals surface area (Å²) in [6.07, 6.45) is 2.98. The van der Waals surface area contributed by atoms with Crippen molar-refractivity contribution in [1.82, 2.24) is 10.4 Å². The number of fused-ring (bicyclic) bond motifs is 1. The van der Waals surface area contributed by atoms with Gasteiger partial charge in [-0.25, -0.2) is 0 Å². The van der Waals surface area contributed by atoms with E-state index in [4.69, 9.17) is 10.6 Å². The number of rotatable bonds is 1. The number of carbonyl (C=O) groups is 1. The molecule has 2 aliphatic heterocycles. The molecule has 13 heavy (non-hydrogen) atoms. The Morgan fingerprint density at radius 3 is 3.08 bits per heavy atom. The summed E-state index contributed by atoms with van der Waals surface area (Å²) in [4.78, 5) is 13.4. The topological polar surface area (TPSA) is 76.4 Å². The number of hydrogen-bond acceptors (Lipinski definition) is 4. The maximum Gasteiger partial charge on any atom is 0.190 e. The number of amidine groups is 1. The molecule has 3 N–H and O–H groups in total. The number of ketones is 1. The quantitative estimate of drug-likeness (QED) is 0.389. The fourth-order valence-electron chi connectivity index (χ4n) is 1.96. The van der Waals surface area contributed by atoms with Gasteiger partial charge in [0.1, 0.15) is 5.84 Å². The number of nitrogens with zero attached hydrogens (tertiary/aromatic N) is 1. The minimum Gasteiger partial charge on any atom is -0.346 e. The fraction of sp³-hybridized carbons (Fsp3) is 0.500. The van der Waals surface area contributed by atoms with E-state index >= 15 is 0 Å². The van der Waals surface area contributed by atoms with E-state index in [1.807, 2.05) is 5.48 Å². The number of Topliss-reactive ketones (excluding diaryl/α,β-unsaturated/α-hetero) is 1. The summed E-state index contributed by atoms with van der Waals surface area (Å²) in [5, 5.41) is 16.1. The summed E-state index contributed by atoms with van der Waals surface area (Å²) in [7, 11) is 0. The van der Waals surface area contributed by atoms with Gasteiger partial charge in [-0.05, 0) is 12.8 Å². The van der Waals surface area contributed by atoms with Crippen LogP contribution in [0.5, 0.6) is 0 Å². The van der Waals surface area contributed by atoms with E-state index in [9.17, 15) is 4.79 Å². The summed E-state index contributed by atoms with van der Waals surface area (Å²) in [5.41, 5.74) is 2.09. The Morgan fingerprint density at radius 1 is 1.69 bits per heavy atom. The minimum absolute atomic E-state index is 0.0518. The molecule has 0 radical (unpaired) electrons. The van der Waals surface area contributed by atoms with Crippen LogP contribution in [0, 0.1) is 5.41 Å². The van der Waals surface area contributed by atoms with Crippen molar-refractivity contribution in [2.45, 2.75) is 18.9 Å². The summed E-state index contributed by atoms with van der Waals surface area (Å²) < 4.78 is 0. The number of hydroxylamine groups is 1. The third-order valence-electron chi connectivity index (χ3n) is 2.57. The van der Waals surface area contributed by atoms with Gasteiger partial charge >= 0.3 is 0 Å². The first kappa shape index (κ1) is 8.25. The first-order chi connectivity index (χ1) is 6.25. The largest absolute Gasteiger partial charge is 0.346 e. The molecular weight excluding hydrogens is 170 g/mol. The second kappa shape index (κ2) is 2.85. The van der Waals surface area contributed by atoms with E-state index in [-0.39, 0.29) is 23.2 Å². The first-order valence-corrected chi connectivity index (χ1v) is 4.25. The Morgan fingerprint density at radius 2 is 2.46 bits per heavy atom. The highest BCUT2D eigenvalue weighted by Gasteiger charge is 2.42. The second-order valence-corrected chi connectivity index (χ2v) is 3.25. The molecule has 1 atom stereocenters. The summed E-state index contributed by atoms with van der Waals surface area (Å²) in [5.74, 6) is 0.179. The molecule has 2 aliphatic rings. The molecule has 2 rings (SSSR count). The molecule has 0 saturated carbocycles. The zero-order valence-corrected chi connectivity index (χ0v) is 7.08. The molecule has 70 valence electrons. The summed E-state index contributed by atoms with van der Waals surface area (Å²) in [6.45, 7) is 0.776. The third-order valence-corrected chi connectivity index (χ3v) is 2.57. The van der Waals surface area contributed by atoms with Gasteiger partial charge < -0.3 is 4.90 Å². The molecule has 1 unspecified atom stereocenters. The van der Waals surface area contributed by atoms with E-state index in [0.29, 0.717) is 0 Å². The molecule has 0 aromatic heterocycles. The predicted octanol–water partition coefficient (Wildman–Crippen LogP) is -0.127. The fourth-order valence-corrected chi connectivity index (χ4v) is 1.96. The molecule has 5 nitrogen and oxygen atoms in total. The van der Waals surface area contributed by atoms with Gasteiger partial charge in [0, 0.05) is 12.7 Å². The molecule has 2 fully saturated rings. The normalized spacial score (nSPS) is 30.1. The van der Waals surface area contributed by atoms with Crippen LogP contribution in [0.2, 0.25) is 0 Å². The van der Waals surface area contributed by atoms with Crippen LogP contribution < -0.4 is 5.48 Å². The number of nitrogens with one attached hydrogen (secondary N) is 2. The van der Waals surface area contributed by atoms with Crippen molar-refractivity contribution in [3.05, 3.63) is 11.8 Å². The summed E-state index contributed by atoms with van der Waals surface area (Å²) >= 11 is 0. The average molecular weight is 181 g/mol. The lowest BCUT2D eigenvalue weighted by atomic mass is 10.1. The van der Waals surface area contributed by atoms with Crippen molar-refractivity contribution < 1.29 is 10.0 Å². The smallest absolute Gasteiger partial charge is 0.190 e. The van der Waals surface area contributed by atoms with Gasteiger partial charge in [0.15, 0.2) is 5.78 Å². The van der Waals surface area contributed by atoms with Crippen molar-refractivity contribution in [2.75, 3.05) is 6.54 Å². The van der Waals surface area contributed by atoms with Crippen LogP contribution in [0.15, 0.2) is 11.8 Å². The Labute approximate surface area is 75.5 Å². The van der Waals surface area contributed by atoms with E-state index in [1.54, 1.807) is 4.90 Å². The second-order valence-electron chi connectivity index (χ2n) is 3.25. The van der Waals surface area contributed by atoms with Crippen molar-refractivity contribution in [2.24, 2.45) is 0 Å². The first-order valence-electron chi connectivity index (χ1n) is 4.25. The lowest BCUT2D eigenvalue weighted by Gasteiger charge is -2.13. The minimum atomic E-state index is -0.146. The maximum atomic E-state index is 11.6. The van der Waals surface area contributed by atoms with Crippen molar-refractivity contribution in [1.29, 1.82) is 5.41 Å². The van der Waals surface area contributed by atoms with E-state index < -0.39 is 0 Å². The van der Waals surface area contributed by atoms with Crippen LogP contribution in [-0.2, 0) is 4.79 Å². The molecule has 0 bridgehead atoms. The van der Waals surface area contributed by atoms with Crippen LogP contribution in [-0.4, -0.2) is 34.3 Å². The van der Waals surface area contributed by atoms with Crippen LogP contribution in [0.25, 0.3) is 0 Å². The Kier molecular flexibility index (Phi) is 1.81. The Bertz CT molecular complexity index is 274. The van der Waals surface area contributed by atoms with Gasteiger partial charge in [0.25, 0.3) is 0 Å². The highest BCUT2D eigenvalue weighted by molar-refractivity contribution is 6.27. The SMILES string of the molecule is N=C1/C(=C/NO)C(=O)C2CCCN12. The molecule has 0 aromatic rings. The van der Waals surface area contributed by atoms with E-state index in [0.717, 1.165) is 19.4 Å². The highest BCUT2D eigenvalue weighted by Crippen LogP contribution is 2.29. The van der Waals surface area contributed by atoms with Gasteiger partial charge in [0.05, 0.1) is 11.6 Å². The monoisotopic (exact) mass is 181 g/mol. The molecule has 5 heteroatoms. The average Bonchev–Trinajstić information content (AvgIpc) is 2.66. The number of carbonyl (C=O) groups excluding carboxylic acids is 1. The van der Waals surface area contributed by atoms with Crippen LogP contribution in [0.3, 0.4) is 0 Å². The zero-order chi connectivity index (χ0) is 9.42. The van der Waals surface area contributed by atoms with Gasteiger partial charge in [-0.15, -0.1) is 0 Å². The van der Waals surface area contributed by atoms with Gasteiger partial charge in [0.2, 0.25) is 0 Å². The molecule has 2 heterocycles. The van der Waals surface area contributed by atoms with Crippen LogP contribution >= 0.6 is 0 Å². The van der Waals surface area contributed by atoms with Gasteiger partial charge in [-0.1, -0.05) is 0 Å². The van der Waals surface area contributed by atoms with Crippen molar-refractivity contribution in [3.63, 3.8) is 0 Å². The maximum absolute atomic E-state index is 11.6. The molecular formula is C8H11N3O2. The highest BCUT2D eigenvalue weighted by atomic mass is 16.5. The molecule has 0 aromatic carbocycles. The predicted molar refractivity (Wildman–Crippen MR) is 45.5 cm³/mol. The summed E-state index contributed by atoms with van der Waals surface area (Å²) in [6, 6.07) is -0.146. The van der Waals surface area contributed by atoms with E-state index in [1.165, 1.54) is 6.20 Å². The lowest BCUT2D eigenvalue weighted by molar-refractivity contribution is -0.116. The zero-order valence-electron chi connectivity index (χ0n) is 7.08.